The molecule has 0 aliphatic carbocycles. The number of hydrogen-bond acceptors (Lipinski definition) is 3. The molecule has 1 atom stereocenters. The van der Waals surface area contributed by atoms with Crippen LogP contribution in [0.4, 0.5) is 5.69 Å². The number of likely N-dealkylation sites (tertiary alicyclic amines) is 1. The predicted molar refractivity (Wildman–Crippen MR) is 76.4 cm³/mol. The van der Waals surface area contributed by atoms with Crippen molar-refractivity contribution in [1.82, 2.24) is 4.90 Å². The van der Waals surface area contributed by atoms with E-state index in [4.69, 9.17) is 5.73 Å². The van der Waals surface area contributed by atoms with Crippen molar-refractivity contribution in [3.8, 4) is 0 Å². The molecule has 1 fully saturated rings. The Balaban J connectivity index is 1.83. The number of carbonyl (C=O) groups is 1. The largest absolute Gasteiger partial charge is 0.327 e. The maximum Gasteiger partial charge on any atom is 0.238 e. The Labute approximate surface area is 116 Å². The van der Waals surface area contributed by atoms with E-state index in [2.05, 4.69) is 26.1 Å². The molecule has 0 aromatic heterocycles. The van der Waals surface area contributed by atoms with E-state index in [-0.39, 0.29) is 11.9 Å². The molecule has 4 nitrogen and oxygen atoms in total. The van der Waals surface area contributed by atoms with Crippen molar-refractivity contribution in [2.45, 2.75) is 18.9 Å². The number of nitrogens with two attached hydrogens (primary N) is 1. The summed E-state index contributed by atoms with van der Waals surface area (Å²) >= 11 is 3.36. The molecular formula is C13H18BrN3O. The van der Waals surface area contributed by atoms with E-state index in [1.54, 1.807) is 0 Å². The third kappa shape index (κ3) is 4.08. The molecule has 1 aromatic rings. The van der Waals surface area contributed by atoms with Crippen molar-refractivity contribution < 1.29 is 4.79 Å². The van der Waals surface area contributed by atoms with Crippen LogP contribution < -0.4 is 11.1 Å². The maximum absolute atomic E-state index is 11.9. The van der Waals surface area contributed by atoms with E-state index in [1.807, 2.05) is 24.3 Å². The van der Waals surface area contributed by atoms with Gasteiger partial charge in [-0.3, -0.25) is 9.69 Å². The molecular weight excluding hydrogens is 294 g/mol. The van der Waals surface area contributed by atoms with Gasteiger partial charge in [-0.25, -0.2) is 0 Å². The zero-order valence-corrected chi connectivity index (χ0v) is 11.8. The molecule has 0 radical (unpaired) electrons. The fraction of sp³-hybridized carbons (Fsp3) is 0.462. The van der Waals surface area contributed by atoms with Crippen LogP contribution >= 0.6 is 15.9 Å². The number of anilines is 1. The molecule has 3 N–H and O–H groups in total. The molecule has 2 rings (SSSR count). The van der Waals surface area contributed by atoms with E-state index in [9.17, 15) is 4.79 Å². The molecule has 0 bridgehead atoms. The van der Waals surface area contributed by atoms with E-state index >= 15 is 0 Å². The molecule has 98 valence electrons. The Hall–Kier alpha value is -0.910. The van der Waals surface area contributed by atoms with Crippen molar-refractivity contribution in [2.75, 3.05) is 25.0 Å². The molecule has 0 spiro atoms. The average Bonchev–Trinajstić information content (AvgIpc) is 2.32. The van der Waals surface area contributed by atoms with Crippen LogP contribution in [0, 0.1) is 0 Å². The van der Waals surface area contributed by atoms with Gasteiger partial charge in [0.1, 0.15) is 0 Å². The first kappa shape index (κ1) is 13.5. The second-order valence-electron chi connectivity index (χ2n) is 4.69. The number of halogens is 1. The highest BCUT2D eigenvalue weighted by Gasteiger charge is 2.18. The van der Waals surface area contributed by atoms with Crippen molar-refractivity contribution in [3.63, 3.8) is 0 Å². The van der Waals surface area contributed by atoms with Crippen LogP contribution in [0.25, 0.3) is 0 Å². The molecule has 1 unspecified atom stereocenters. The van der Waals surface area contributed by atoms with Gasteiger partial charge in [0.15, 0.2) is 0 Å². The van der Waals surface area contributed by atoms with Crippen molar-refractivity contribution in [1.29, 1.82) is 0 Å². The quantitative estimate of drug-likeness (QED) is 0.895. The number of amides is 1. The highest BCUT2D eigenvalue weighted by atomic mass is 79.9. The molecule has 1 aliphatic heterocycles. The van der Waals surface area contributed by atoms with E-state index in [0.29, 0.717) is 6.54 Å². The van der Waals surface area contributed by atoms with Crippen LogP contribution in [0.15, 0.2) is 28.7 Å². The first-order chi connectivity index (χ1) is 8.63. The molecule has 1 aromatic carbocycles. The molecule has 0 saturated carbocycles. The Kier molecular flexibility index (Phi) is 4.74. The molecule has 1 saturated heterocycles. The Bertz CT molecular complexity index is 407. The van der Waals surface area contributed by atoms with Gasteiger partial charge >= 0.3 is 0 Å². The topological polar surface area (TPSA) is 58.4 Å². The monoisotopic (exact) mass is 311 g/mol. The summed E-state index contributed by atoms with van der Waals surface area (Å²) in [5.41, 5.74) is 6.72. The summed E-state index contributed by atoms with van der Waals surface area (Å²) in [6, 6.07) is 7.78. The lowest BCUT2D eigenvalue weighted by molar-refractivity contribution is -0.117. The van der Waals surface area contributed by atoms with Crippen LogP contribution in [-0.2, 0) is 4.79 Å². The predicted octanol–water partition coefficient (Wildman–Crippen LogP) is 1.81. The summed E-state index contributed by atoms with van der Waals surface area (Å²) in [5, 5.41) is 2.89. The molecule has 1 heterocycles. The number of nitrogens with one attached hydrogen (secondary N) is 1. The lowest BCUT2D eigenvalue weighted by Gasteiger charge is -2.29. The van der Waals surface area contributed by atoms with Gasteiger partial charge in [-0.15, -0.1) is 0 Å². The van der Waals surface area contributed by atoms with Crippen LogP contribution in [0.3, 0.4) is 0 Å². The van der Waals surface area contributed by atoms with Gasteiger partial charge in [-0.1, -0.05) is 15.9 Å². The first-order valence-electron chi connectivity index (χ1n) is 6.17. The minimum Gasteiger partial charge on any atom is -0.327 e. The Morgan fingerprint density at radius 2 is 2.17 bits per heavy atom. The summed E-state index contributed by atoms with van der Waals surface area (Å²) in [6.07, 6.45) is 2.14. The molecule has 5 heteroatoms. The number of hydrogen-bond donors (Lipinski definition) is 2. The fourth-order valence-corrected chi connectivity index (χ4v) is 2.44. The van der Waals surface area contributed by atoms with Crippen LogP contribution in [-0.4, -0.2) is 36.5 Å². The van der Waals surface area contributed by atoms with Gasteiger partial charge < -0.3 is 11.1 Å². The van der Waals surface area contributed by atoms with Crippen LogP contribution in [0.5, 0.6) is 0 Å². The van der Waals surface area contributed by atoms with Crippen molar-refractivity contribution in [2.24, 2.45) is 5.73 Å². The third-order valence-corrected chi connectivity index (χ3v) is 3.57. The molecule has 1 amide bonds. The van der Waals surface area contributed by atoms with Gasteiger partial charge in [0.2, 0.25) is 5.91 Å². The summed E-state index contributed by atoms with van der Waals surface area (Å²) in [7, 11) is 0. The summed E-state index contributed by atoms with van der Waals surface area (Å²) in [6.45, 7) is 2.19. The van der Waals surface area contributed by atoms with E-state index in [1.165, 1.54) is 0 Å². The average molecular weight is 312 g/mol. The van der Waals surface area contributed by atoms with Crippen LogP contribution in [0.2, 0.25) is 0 Å². The normalized spacial score (nSPS) is 20.7. The third-order valence-electron chi connectivity index (χ3n) is 3.04. The minimum atomic E-state index is 0.0198. The SMILES string of the molecule is NC1CCCN(CC(=O)Nc2ccc(Br)cc2)C1. The van der Waals surface area contributed by atoms with Gasteiger partial charge in [0.05, 0.1) is 6.54 Å². The summed E-state index contributed by atoms with van der Waals surface area (Å²) in [4.78, 5) is 14.0. The second-order valence-corrected chi connectivity index (χ2v) is 5.61. The Morgan fingerprint density at radius 1 is 1.44 bits per heavy atom. The van der Waals surface area contributed by atoms with E-state index < -0.39 is 0 Å². The van der Waals surface area contributed by atoms with Gasteiger partial charge in [0.25, 0.3) is 0 Å². The molecule has 1 aliphatic rings. The lowest BCUT2D eigenvalue weighted by atomic mass is 10.1. The standard InChI is InChI=1S/C13H18BrN3O/c14-10-3-5-12(6-4-10)16-13(18)9-17-7-1-2-11(15)8-17/h3-6,11H,1-2,7-9,15H2,(H,16,18). The molecule has 18 heavy (non-hydrogen) atoms. The fourth-order valence-electron chi connectivity index (χ4n) is 2.17. The number of nitrogens with zero attached hydrogens (tertiary/aromatic N) is 1. The summed E-state index contributed by atoms with van der Waals surface area (Å²) < 4.78 is 1.00. The maximum atomic E-state index is 11.9. The smallest absolute Gasteiger partial charge is 0.238 e. The zero-order chi connectivity index (χ0) is 13.0. The van der Waals surface area contributed by atoms with E-state index in [0.717, 1.165) is 36.1 Å². The van der Waals surface area contributed by atoms with Gasteiger partial charge in [-0.05, 0) is 43.7 Å². The van der Waals surface area contributed by atoms with Crippen molar-refractivity contribution in [3.05, 3.63) is 28.7 Å². The zero-order valence-electron chi connectivity index (χ0n) is 10.2. The highest BCUT2D eigenvalue weighted by molar-refractivity contribution is 9.10. The number of piperidine rings is 1. The van der Waals surface area contributed by atoms with Gasteiger partial charge in [0, 0.05) is 22.7 Å². The summed E-state index contributed by atoms with van der Waals surface area (Å²) in [5.74, 6) is 0.0198. The highest BCUT2D eigenvalue weighted by Crippen LogP contribution is 2.14. The first-order valence-corrected chi connectivity index (χ1v) is 6.96. The minimum absolute atomic E-state index is 0.0198. The van der Waals surface area contributed by atoms with Crippen molar-refractivity contribution >= 4 is 27.5 Å². The van der Waals surface area contributed by atoms with Gasteiger partial charge in [-0.2, -0.15) is 0 Å². The second kappa shape index (κ2) is 6.31. The van der Waals surface area contributed by atoms with Crippen LogP contribution in [0.1, 0.15) is 12.8 Å². The lowest BCUT2D eigenvalue weighted by Crippen LogP contribution is -2.45. The number of carbonyl (C=O) groups excluding carboxylic acids is 1. The number of benzene rings is 1. The Morgan fingerprint density at radius 3 is 2.83 bits per heavy atom. The number of rotatable bonds is 3.